The van der Waals surface area contributed by atoms with Gasteiger partial charge in [-0.2, -0.15) is 0 Å². The fourth-order valence-electron chi connectivity index (χ4n) is 3.10. The van der Waals surface area contributed by atoms with Crippen LogP contribution >= 0.6 is 0 Å². The van der Waals surface area contributed by atoms with E-state index in [2.05, 4.69) is 5.32 Å². The second-order valence-electron chi connectivity index (χ2n) is 6.70. The van der Waals surface area contributed by atoms with E-state index in [9.17, 15) is 13.2 Å². The zero-order chi connectivity index (χ0) is 21.6. The summed E-state index contributed by atoms with van der Waals surface area (Å²) in [5.74, 6) is -0.0577. The zero-order valence-electron chi connectivity index (χ0n) is 16.9. The maximum absolute atomic E-state index is 13.4. The van der Waals surface area contributed by atoms with Crippen molar-refractivity contribution in [2.45, 2.75) is 17.9 Å². The Kier molecular flexibility index (Phi) is 6.74. The molecule has 1 amide bonds. The first-order valence-corrected chi connectivity index (χ1v) is 10.9. The number of benzene rings is 3. The molecule has 0 radical (unpaired) electrons. The molecule has 6 nitrogen and oxygen atoms in total. The van der Waals surface area contributed by atoms with Crippen molar-refractivity contribution in [3.8, 4) is 5.75 Å². The standard InChI is InChI=1S/C23H24N2O4S/c1-18(19-11-5-3-6-12-19)24-23(26)17-25(21-15-9-10-16-22(21)29-2)30(27,28)20-13-7-4-8-14-20/h3-16,18H,17H2,1-2H3,(H,24,26)/t18-/m1/s1. The smallest absolute Gasteiger partial charge is 0.264 e. The minimum absolute atomic E-state index is 0.0970. The van der Waals surface area contributed by atoms with Crippen LogP contribution in [0.25, 0.3) is 0 Å². The predicted molar refractivity (Wildman–Crippen MR) is 117 cm³/mol. The number of carbonyl (C=O) groups is 1. The summed E-state index contributed by atoms with van der Waals surface area (Å²) in [5, 5.41) is 2.87. The Hall–Kier alpha value is -3.32. The van der Waals surface area contributed by atoms with Crippen molar-refractivity contribution in [3.63, 3.8) is 0 Å². The molecule has 0 heterocycles. The normalized spacial score (nSPS) is 12.1. The number of sulfonamides is 1. The van der Waals surface area contributed by atoms with Crippen LogP contribution in [0.15, 0.2) is 89.8 Å². The largest absolute Gasteiger partial charge is 0.495 e. The van der Waals surface area contributed by atoms with E-state index in [-0.39, 0.29) is 17.5 Å². The molecule has 0 unspecified atom stereocenters. The molecule has 0 bridgehead atoms. The van der Waals surface area contributed by atoms with Crippen LogP contribution in [-0.4, -0.2) is 28.0 Å². The van der Waals surface area contributed by atoms with Crippen molar-refractivity contribution >= 4 is 21.6 Å². The van der Waals surface area contributed by atoms with Gasteiger partial charge in [0, 0.05) is 0 Å². The van der Waals surface area contributed by atoms with Gasteiger partial charge in [-0.1, -0.05) is 60.7 Å². The quantitative estimate of drug-likeness (QED) is 0.597. The molecule has 3 rings (SSSR count). The van der Waals surface area contributed by atoms with Crippen LogP contribution in [0.3, 0.4) is 0 Å². The van der Waals surface area contributed by atoms with Gasteiger partial charge in [-0.25, -0.2) is 8.42 Å². The summed E-state index contributed by atoms with van der Waals surface area (Å²) in [5.41, 5.74) is 1.23. The lowest BCUT2D eigenvalue weighted by molar-refractivity contribution is -0.120. The summed E-state index contributed by atoms with van der Waals surface area (Å²) >= 11 is 0. The van der Waals surface area contributed by atoms with E-state index in [4.69, 9.17) is 4.74 Å². The van der Waals surface area contributed by atoms with E-state index in [1.807, 2.05) is 37.3 Å². The summed E-state index contributed by atoms with van der Waals surface area (Å²) in [6, 6.07) is 24.0. The minimum Gasteiger partial charge on any atom is -0.495 e. The van der Waals surface area contributed by atoms with Crippen LogP contribution in [0.2, 0.25) is 0 Å². The average molecular weight is 425 g/mol. The lowest BCUT2D eigenvalue weighted by atomic mass is 10.1. The highest BCUT2D eigenvalue weighted by Gasteiger charge is 2.29. The molecule has 7 heteroatoms. The number of nitrogens with one attached hydrogen (secondary N) is 1. The first-order chi connectivity index (χ1) is 14.4. The van der Waals surface area contributed by atoms with Crippen LogP contribution in [0.1, 0.15) is 18.5 Å². The fraction of sp³-hybridized carbons (Fsp3) is 0.174. The fourth-order valence-corrected chi connectivity index (χ4v) is 4.55. The van der Waals surface area contributed by atoms with E-state index in [1.54, 1.807) is 42.5 Å². The summed E-state index contributed by atoms with van der Waals surface area (Å²) in [6.45, 7) is 1.47. The zero-order valence-corrected chi connectivity index (χ0v) is 17.7. The van der Waals surface area contributed by atoms with Crippen LogP contribution < -0.4 is 14.4 Å². The molecule has 0 aromatic heterocycles. The van der Waals surface area contributed by atoms with Gasteiger partial charge in [-0.15, -0.1) is 0 Å². The van der Waals surface area contributed by atoms with Crippen LogP contribution in [-0.2, 0) is 14.8 Å². The Morgan fingerprint density at radius 3 is 2.13 bits per heavy atom. The number of carbonyl (C=O) groups excluding carboxylic acids is 1. The van der Waals surface area contributed by atoms with Crippen molar-refractivity contribution in [2.75, 3.05) is 18.0 Å². The van der Waals surface area contributed by atoms with Gasteiger partial charge in [-0.3, -0.25) is 9.10 Å². The number of hydrogen-bond acceptors (Lipinski definition) is 4. The van der Waals surface area contributed by atoms with Gasteiger partial charge < -0.3 is 10.1 Å². The summed E-state index contributed by atoms with van der Waals surface area (Å²) in [7, 11) is -2.53. The lowest BCUT2D eigenvalue weighted by Crippen LogP contribution is -2.41. The highest BCUT2D eigenvalue weighted by atomic mass is 32.2. The maximum Gasteiger partial charge on any atom is 0.264 e. The number of rotatable bonds is 8. The predicted octanol–water partition coefficient (Wildman–Crippen LogP) is 3.77. The number of para-hydroxylation sites is 2. The molecule has 30 heavy (non-hydrogen) atoms. The van der Waals surface area contributed by atoms with Gasteiger partial charge in [0.25, 0.3) is 10.0 Å². The first-order valence-electron chi connectivity index (χ1n) is 9.48. The molecule has 0 saturated heterocycles. The van der Waals surface area contributed by atoms with Gasteiger partial charge in [0.15, 0.2) is 0 Å². The Balaban J connectivity index is 1.93. The van der Waals surface area contributed by atoms with Gasteiger partial charge in [0.2, 0.25) is 5.91 Å². The summed E-state index contributed by atoms with van der Waals surface area (Å²) in [4.78, 5) is 12.9. The molecule has 0 saturated carbocycles. The number of methoxy groups -OCH3 is 1. The molecular formula is C23H24N2O4S. The van der Waals surface area contributed by atoms with E-state index in [0.717, 1.165) is 9.87 Å². The number of ether oxygens (including phenoxy) is 1. The number of amides is 1. The molecule has 3 aromatic rings. The van der Waals surface area contributed by atoms with Gasteiger partial charge in [0.1, 0.15) is 12.3 Å². The SMILES string of the molecule is COc1ccccc1N(CC(=O)N[C@H](C)c1ccccc1)S(=O)(=O)c1ccccc1. The second-order valence-corrected chi connectivity index (χ2v) is 8.56. The third kappa shape index (κ3) is 4.80. The van der Waals surface area contributed by atoms with Gasteiger partial charge in [-0.05, 0) is 36.8 Å². The first kappa shape index (κ1) is 21.4. The molecule has 0 aliphatic rings. The minimum atomic E-state index is -3.99. The molecule has 156 valence electrons. The molecule has 0 aliphatic carbocycles. The Morgan fingerprint density at radius 2 is 1.50 bits per heavy atom. The number of hydrogen-bond donors (Lipinski definition) is 1. The Morgan fingerprint density at radius 1 is 0.933 bits per heavy atom. The van der Waals surface area contributed by atoms with Gasteiger partial charge >= 0.3 is 0 Å². The lowest BCUT2D eigenvalue weighted by Gasteiger charge is -2.26. The third-order valence-electron chi connectivity index (χ3n) is 4.65. The van der Waals surface area contributed by atoms with Gasteiger partial charge in [0.05, 0.1) is 23.7 Å². The van der Waals surface area contributed by atoms with E-state index in [0.29, 0.717) is 11.4 Å². The van der Waals surface area contributed by atoms with Crippen molar-refractivity contribution in [3.05, 3.63) is 90.5 Å². The van der Waals surface area contributed by atoms with Crippen molar-refractivity contribution < 1.29 is 17.9 Å². The van der Waals surface area contributed by atoms with Crippen LogP contribution in [0, 0.1) is 0 Å². The molecule has 1 N–H and O–H groups in total. The van der Waals surface area contributed by atoms with Crippen LogP contribution in [0.5, 0.6) is 5.75 Å². The molecule has 0 spiro atoms. The number of anilines is 1. The van der Waals surface area contributed by atoms with E-state index >= 15 is 0 Å². The molecule has 3 aromatic carbocycles. The maximum atomic E-state index is 13.4. The summed E-state index contributed by atoms with van der Waals surface area (Å²) in [6.07, 6.45) is 0. The average Bonchev–Trinajstić information content (AvgIpc) is 2.78. The topological polar surface area (TPSA) is 75.7 Å². The Bertz CT molecular complexity index is 1090. The summed E-state index contributed by atoms with van der Waals surface area (Å²) < 4.78 is 33.2. The van der Waals surface area contributed by atoms with Crippen molar-refractivity contribution in [2.24, 2.45) is 0 Å². The highest BCUT2D eigenvalue weighted by molar-refractivity contribution is 7.92. The monoisotopic (exact) mass is 424 g/mol. The Labute approximate surface area is 177 Å². The molecule has 0 fully saturated rings. The third-order valence-corrected chi connectivity index (χ3v) is 6.42. The van der Waals surface area contributed by atoms with Crippen molar-refractivity contribution in [1.29, 1.82) is 0 Å². The number of nitrogens with zero attached hydrogens (tertiary/aromatic N) is 1. The van der Waals surface area contributed by atoms with Crippen molar-refractivity contribution in [1.82, 2.24) is 5.32 Å². The molecule has 0 aliphatic heterocycles. The molecule has 1 atom stereocenters. The van der Waals surface area contributed by atoms with Crippen LogP contribution in [0.4, 0.5) is 5.69 Å². The second kappa shape index (κ2) is 9.45. The van der Waals surface area contributed by atoms with E-state index < -0.39 is 15.9 Å². The highest BCUT2D eigenvalue weighted by Crippen LogP contribution is 2.32. The van der Waals surface area contributed by atoms with E-state index in [1.165, 1.54) is 19.2 Å². The molecular weight excluding hydrogens is 400 g/mol.